The van der Waals surface area contributed by atoms with Crippen molar-refractivity contribution < 1.29 is 30.9 Å². The zero-order valence-corrected chi connectivity index (χ0v) is 14.7. The molecule has 0 saturated carbocycles. The quantitative estimate of drug-likeness (QED) is 0.394. The molecule has 1 amide bonds. The predicted octanol–water partition coefficient (Wildman–Crippen LogP) is 3.41. The van der Waals surface area contributed by atoms with Crippen LogP contribution < -0.4 is 10.6 Å². The summed E-state index contributed by atoms with van der Waals surface area (Å²) in [6.45, 7) is 0. The minimum atomic E-state index is -4.58. The molecule has 3 N–H and O–H groups in total. The van der Waals surface area contributed by atoms with Crippen LogP contribution in [0.1, 0.15) is 5.56 Å². The van der Waals surface area contributed by atoms with E-state index in [0.29, 0.717) is 5.69 Å². The van der Waals surface area contributed by atoms with Crippen molar-refractivity contribution in [2.45, 2.75) is 11.1 Å². The van der Waals surface area contributed by atoms with Gasteiger partial charge in [-0.3, -0.25) is 9.35 Å². The minimum absolute atomic E-state index is 0.140. The van der Waals surface area contributed by atoms with Gasteiger partial charge in [0.15, 0.2) is 0 Å². The first-order valence-corrected chi connectivity index (χ1v) is 8.87. The smallest absolute Gasteiger partial charge is 0.360 e. The van der Waals surface area contributed by atoms with Gasteiger partial charge in [-0.2, -0.15) is 26.9 Å². The van der Waals surface area contributed by atoms with Gasteiger partial charge >= 0.3 is 6.18 Å². The highest BCUT2D eigenvalue weighted by Crippen LogP contribution is 2.30. The Balaban J connectivity index is 2.12. The van der Waals surface area contributed by atoms with E-state index in [4.69, 9.17) is 9.81 Å². The molecule has 0 spiro atoms. The summed E-state index contributed by atoms with van der Waals surface area (Å²) in [7, 11) is -4.36. The van der Waals surface area contributed by atoms with Crippen LogP contribution in [0.4, 0.5) is 24.5 Å². The van der Waals surface area contributed by atoms with E-state index >= 15 is 0 Å². The molecule has 0 bridgehead atoms. The third-order valence-electron chi connectivity index (χ3n) is 3.35. The molecule has 0 aliphatic rings. The van der Waals surface area contributed by atoms with E-state index in [0.717, 1.165) is 36.5 Å². The summed E-state index contributed by atoms with van der Waals surface area (Å²) in [5, 5.41) is 13.8. The standard InChI is InChI=1S/C17H12F3N3O4S/c18-17(19,20)12-2-1-3-14(8-12)23-16(24)11(9-21)10-22-13-4-6-15(7-5-13)28(25,26)27/h1-8,10,22H,(H,23,24)(H,25,26,27)/b11-10-. The van der Waals surface area contributed by atoms with Crippen LogP contribution in [-0.4, -0.2) is 18.9 Å². The second kappa shape index (κ2) is 8.12. The lowest BCUT2D eigenvalue weighted by atomic mass is 10.2. The number of nitrogens with one attached hydrogen (secondary N) is 2. The van der Waals surface area contributed by atoms with Crippen molar-refractivity contribution in [2.75, 3.05) is 10.6 Å². The second-order valence-electron chi connectivity index (χ2n) is 5.35. The molecule has 146 valence electrons. The van der Waals surface area contributed by atoms with Crippen LogP contribution >= 0.6 is 0 Å². The van der Waals surface area contributed by atoms with Crippen molar-refractivity contribution in [2.24, 2.45) is 0 Å². The average Bonchev–Trinajstić information content (AvgIpc) is 2.61. The number of nitriles is 1. The lowest BCUT2D eigenvalue weighted by Gasteiger charge is -2.09. The van der Waals surface area contributed by atoms with Gasteiger partial charge in [0.2, 0.25) is 0 Å². The van der Waals surface area contributed by atoms with E-state index < -0.39 is 33.3 Å². The van der Waals surface area contributed by atoms with Crippen LogP contribution in [0.25, 0.3) is 0 Å². The number of amides is 1. The zero-order chi connectivity index (χ0) is 20.9. The molecule has 28 heavy (non-hydrogen) atoms. The Morgan fingerprint density at radius 1 is 1.11 bits per heavy atom. The summed E-state index contributed by atoms with van der Waals surface area (Å²) in [6.07, 6.45) is -3.57. The summed E-state index contributed by atoms with van der Waals surface area (Å²) >= 11 is 0. The van der Waals surface area contributed by atoms with Gasteiger partial charge in [0, 0.05) is 17.6 Å². The Hall–Kier alpha value is -3.36. The van der Waals surface area contributed by atoms with Gasteiger partial charge in [0.1, 0.15) is 11.6 Å². The van der Waals surface area contributed by atoms with Gasteiger partial charge < -0.3 is 10.6 Å². The molecule has 0 aliphatic heterocycles. The Bertz CT molecular complexity index is 1060. The number of benzene rings is 2. The number of anilines is 2. The molecule has 0 aromatic heterocycles. The molecule has 0 fully saturated rings. The van der Waals surface area contributed by atoms with Gasteiger partial charge in [0.25, 0.3) is 16.0 Å². The van der Waals surface area contributed by atoms with Crippen molar-refractivity contribution in [3.05, 3.63) is 65.9 Å². The molecule has 0 aliphatic carbocycles. The van der Waals surface area contributed by atoms with Crippen LogP contribution in [0.3, 0.4) is 0 Å². The Labute approximate surface area is 157 Å². The van der Waals surface area contributed by atoms with E-state index in [1.807, 2.05) is 0 Å². The van der Waals surface area contributed by atoms with E-state index in [1.54, 1.807) is 6.07 Å². The van der Waals surface area contributed by atoms with Gasteiger partial charge in [-0.15, -0.1) is 0 Å². The Morgan fingerprint density at radius 3 is 2.29 bits per heavy atom. The molecule has 2 aromatic rings. The van der Waals surface area contributed by atoms with Crippen molar-refractivity contribution in [1.82, 2.24) is 0 Å². The van der Waals surface area contributed by atoms with Gasteiger partial charge in [-0.25, -0.2) is 0 Å². The lowest BCUT2D eigenvalue weighted by molar-refractivity contribution is -0.137. The minimum Gasteiger partial charge on any atom is -0.360 e. The maximum absolute atomic E-state index is 12.7. The molecular weight excluding hydrogens is 399 g/mol. The fourth-order valence-corrected chi connectivity index (χ4v) is 2.48. The molecule has 0 atom stereocenters. The molecule has 0 saturated heterocycles. The van der Waals surface area contributed by atoms with Crippen molar-refractivity contribution >= 4 is 27.4 Å². The molecule has 0 radical (unpaired) electrons. The molecule has 2 aromatic carbocycles. The van der Waals surface area contributed by atoms with Crippen molar-refractivity contribution in [1.29, 1.82) is 5.26 Å². The highest BCUT2D eigenvalue weighted by Gasteiger charge is 2.30. The number of hydrogen-bond donors (Lipinski definition) is 3. The number of carbonyl (C=O) groups is 1. The third kappa shape index (κ3) is 5.57. The van der Waals surface area contributed by atoms with Crippen LogP contribution in [0, 0.1) is 11.3 Å². The highest BCUT2D eigenvalue weighted by atomic mass is 32.2. The van der Waals surface area contributed by atoms with E-state index in [2.05, 4.69) is 10.6 Å². The topological polar surface area (TPSA) is 119 Å². The van der Waals surface area contributed by atoms with Gasteiger partial charge in [0.05, 0.1) is 10.5 Å². The second-order valence-corrected chi connectivity index (χ2v) is 6.77. The lowest BCUT2D eigenvalue weighted by Crippen LogP contribution is -2.15. The first kappa shape index (κ1) is 20.9. The third-order valence-corrected chi connectivity index (χ3v) is 4.22. The number of nitrogens with zero attached hydrogens (tertiary/aromatic N) is 1. The number of carbonyl (C=O) groups excluding carboxylic acids is 1. The maximum Gasteiger partial charge on any atom is 0.416 e. The first-order valence-electron chi connectivity index (χ1n) is 7.43. The van der Waals surface area contributed by atoms with Crippen molar-refractivity contribution in [3.8, 4) is 6.07 Å². The van der Waals surface area contributed by atoms with Crippen LogP contribution in [-0.2, 0) is 21.1 Å². The summed E-state index contributed by atoms with van der Waals surface area (Å²) in [5.74, 6) is -0.941. The number of halogens is 3. The fraction of sp³-hybridized carbons (Fsp3) is 0.0588. The summed E-state index contributed by atoms with van der Waals surface area (Å²) in [5.41, 5.74) is -1.23. The van der Waals surface area contributed by atoms with E-state index in [1.165, 1.54) is 18.2 Å². The van der Waals surface area contributed by atoms with Crippen LogP contribution in [0.15, 0.2) is 65.2 Å². The first-order chi connectivity index (χ1) is 13.0. The molecule has 2 rings (SSSR count). The molecule has 0 heterocycles. The maximum atomic E-state index is 12.7. The van der Waals surface area contributed by atoms with Crippen molar-refractivity contribution in [3.63, 3.8) is 0 Å². The van der Waals surface area contributed by atoms with Crippen LogP contribution in [0.5, 0.6) is 0 Å². The zero-order valence-electron chi connectivity index (χ0n) is 13.9. The Kier molecular flexibility index (Phi) is 6.07. The largest absolute Gasteiger partial charge is 0.416 e. The molecule has 7 nitrogen and oxygen atoms in total. The number of rotatable bonds is 5. The molecular formula is C17H12F3N3O4S. The predicted molar refractivity (Wildman–Crippen MR) is 93.6 cm³/mol. The molecule has 0 unspecified atom stereocenters. The van der Waals surface area contributed by atoms with E-state index in [-0.39, 0.29) is 10.6 Å². The summed E-state index contributed by atoms with van der Waals surface area (Å²) < 4.78 is 68.9. The van der Waals surface area contributed by atoms with Gasteiger partial charge in [-0.1, -0.05) is 6.07 Å². The summed E-state index contributed by atoms with van der Waals surface area (Å²) in [4.78, 5) is 11.7. The monoisotopic (exact) mass is 411 g/mol. The molecule has 11 heteroatoms. The van der Waals surface area contributed by atoms with Gasteiger partial charge in [-0.05, 0) is 42.5 Å². The number of alkyl halides is 3. The highest BCUT2D eigenvalue weighted by molar-refractivity contribution is 7.85. The fourth-order valence-electron chi connectivity index (χ4n) is 2.00. The SMILES string of the molecule is N#C/C(=C/Nc1ccc(S(=O)(=O)O)cc1)C(=O)Nc1cccc(C(F)(F)F)c1. The van der Waals surface area contributed by atoms with E-state index in [9.17, 15) is 26.4 Å². The summed E-state index contributed by atoms with van der Waals surface area (Å²) in [6, 6.07) is 10.3. The normalized spacial score (nSPS) is 12.2. The number of hydrogen-bond acceptors (Lipinski definition) is 5. The van der Waals surface area contributed by atoms with Crippen LogP contribution in [0.2, 0.25) is 0 Å². The average molecular weight is 411 g/mol. The Morgan fingerprint density at radius 2 is 1.75 bits per heavy atom.